The Morgan fingerprint density at radius 1 is 1.25 bits per heavy atom. The second-order valence-corrected chi connectivity index (χ2v) is 6.12. The molecule has 2 N–H and O–H groups in total. The molecule has 1 aromatic heterocycles. The number of aromatic nitrogens is 1. The number of oxazole rings is 1. The number of hydrogen-bond donors (Lipinski definition) is 1. The molecule has 102 valence electrons. The number of rotatable bonds is 3. The van der Waals surface area contributed by atoms with Crippen LogP contribution in [0.3, 0.4) is 0 Å². The second kappa shape index (κ2) is 5.46. The molecule has 0 amide bonds. The average molecular weight is 353 g/mol. The van der Waals surface area contributed by atoms with Gasteiger partial charge in [0.25, 0.3) is 5.22 Å². The normalized spacial score (nSPS) is 11.1. The number of halogens is 2. The molecule has 3 rings (SSSR count). The van der Waals surface area contributed by atoms with Gasteiger partial charge in [-0.1, -0.05) is 27.7 Å². The molecule has 0 spiro atoms. The van der Waals surface area contributed by atoms with Crippen molar-refractivity contribution in [3.05, 3.63) is 52.3 Å². The molecule has 0 aliphatic heterocycles. The van der Waals surface area contributed by atoms with E-state index in [1.54, 1.807) is 18.2 Å². The van der Waals surface area contributed by atoms with E-state index in [9.17, 15) is 4.39 Å². The number of anilines is 1. The fourth-order valence-corrected chi connectivity index (χ4v) is 3.11. The minimum Gasteiger partial charge on any atom is -0.431 e. The van der Waals surface area contributed by atoms with Crippen molar-refractivity contribution in [2.45, 2.75) is 11.0 Å². The molecular weight excluding hydrogens is 343 g/mol. The van der Waals surface area contributed by atoms with Gasteiger partial charge in [0.1, 0.15) is 11.3 Å². The highest BCUT2D eigenvalue weighted by Crippen LogP contribution is 2.28. The first-order valence-electron chi connectivity index (χ1n) is 5.84. The summed E-state index contributed by atoms with van der Waals surface area (Å²) in [6.07, 6.45) is 0. The molecule has 3 nitrogen and oxygen atoms in total. The van der Waals surface area contributed by atoms with Gasteiger partial charge in [-0.15, -0.1) is 0 Å². The van der Waals surface area contributed by atoms with Crippen molar-refractivity contribution in [1.29, 1.82) is 0 Å². The zero-order valence-corrected chi connectivity index (χ0v) is 12.7. The Hall–Kier alpha value is -1.53. The first kappa shape index (κ1) is 13.5. The summed E-state index contributed by atoms with van der Waals surface area (Å²) < 4.78 is 19.6. The highest BCUT2D eigenvalue weighted by molar-refractivity contribution is 9.10. The maximum Gasteiger partial charge on any atom is 0.257 e. The van der Waals surface area contributed by atoms with Crippen LogP contribution in [0.5, 0.6) is 0 Å². The summed E-state index contributed by atoms with van der Waals surface area (Å²) in [5, 5.41) is 0.547. The van der Waals surface area contributed by atoms with Crippen molar-refractivity contribution in [2.24, 2.45) is 0 Å². The van der Waals surface area contributed by atoms with Crippen molar-refractivity contribution in [1.82, 2.24) is 4.98 Å². The predicted molar refractivity (Wildman–Crippen MR) is 82.1 cm³/mol. The zero-order chi connectivity index (χ0) is 14.1. The van der Waals surface area contributed by atoms with E-state index in [-0.39, 0.29) is 5.82 Å². The number of nitrogen functional groups attached to an aromatic ring is 1. The fraction of sp³-hybridized carbons (Fsp3) is 0.0714. The average Bonchev–Trinajstić information content (AvgIpc) is 2.77. The summed E-state index contributed by atoms with van der Waals surface area (Å²) in [5.41, 5.74) is 8.64. The molecule has 20 heavy (non-hydrogen) atoms. The summed E-state index contributed by atoms with van der Waals surface area (Å²) in [7, 11) is 0. The van der Waals surface area contributed by atoms with Crippen LogP contribution in [-0.4, -0.2) is 4.98 Å². The van der Waals surface area contributed by atoms with Gasteiger partial charge in [-0.3, -0.25) is 0 Å². The third-order valence-corrected chi connectivity index (χ3v) is 4.03. The summed E-state index contributed by atoms with van der Waals surface area (Å²) in [4.78, 5) is 4.34. The molecular formula is C14H10BrFN2OS. The lowest BCUT2D eigenvalue weighted by Crippen LogP contribution is -1.84. The molecule has 3 aromatic rings. The first-order valence-corrected chi connectivity index (χ1v) is 7.62. The molecule has 0 saturated carbocycles. The van der Waals surface area contributed by atoms with Crippen LogP contribution in [0, 0.1) is 5.82 Å². The highest BCUT2D eigenvalue weighted by Gasteiger charge is 2.08. The van der Waals surface area contributed by atoms with Crippen LogP contribution in [0.2, 0.25) is 0 Å². The summed E-state index contributed by atoms with van der Waals surface area (Å²) in [5.74, 6) is 0.318. The van der Waals surface area contributed by atoms with E-state index in [1.165, 1.54) is 23.9 Å². The third-order valence-electron chi connectivity index (χ3n) is 2.68. The van der Waals surface area contributed by atoms with E-state index in [4.69, 9.17) is 10.2 Å². The van der Waals surface area contributed by atoms with Gasteiger partial charge < -0.3 is 10.2 Å². The van der Waals surface area contributed by atoms with E-state index >= 15 is 0 Å². The molecule has 0 aliphatic rings. The molecule has 0 bridgehead atoms. The van der Waals surface area contributed by atoms with Crippen LogP contribution in [0.15, 0.2) is 50.5 Å². The van der Waals surface area contributed by atoms with Gasteiger partial charge in [0.15, 0.2) is 5.58 Å². The van der Waals surface area contributed by atoms with Crippen LogP contribution in [0.25, 0.3) is 11.1 Å². The minimum absolute atomic E-state index is 0.264. The van der Waals surface area contributed by atoms with Gasteiger partial charge >= 0.3 is 0 Å². The molecule has 0 unspecified atom stereocenters. The Labute approximate surface area is 127 Å². The fourth-order valence-electron chi connectivity index (χ4n) is 1.82. The standard InChI is InChI=1S/C14H10BrFN2OS/c15-9-3-8(4-10(16)5-9)7-20-14-18-12-6-11(17)1-2-13(12)19-14/h1-6H,7,17H2. The lowest BCUT2D eigenvalue weighted by Gasteiger charge is -2.00. The minimum atomic E-state index is -0.264. The monoisotopic (exact) mass is 352 g/mol. The van der Waals surface area contributed by atoms with Crippen LogP contribution in [-0.2, 0) is 5.75 Å². The Bertz CT molecular complexity index is 755. The summed E-state index contributed by atoms with van der Waals surface area (Å²) in [6.45, 7) is 0. The van der Waals surface area contributed by atoms with Crippen molar-refractivity contribution in [3.8, 4) is 0 Å². The number of fused-ring (bicyclic) bond motifs is 1. The smallest absolute Gasteiger partial charge is 0.257 e. The molecule has 6 heteroatoms. The van der Waals surface area contributed by atoms with Gasteiger partial charge in [-0.25, -0.2) is 9.37 Å². The summed E-state index contributed by atoms with van der Waals surface area (Å²) in [6, 6.07) is 10.1. The zero-order valence-electron chi connectivity index (χ0n) is 10.3. The lowest BCUT2D eigenvalue weighted by molar-refractivity contribution is 0.489. The lowest BCUT2D eigenvalue weighted by atomic mass is 10.2. The second-order valence-electron chi connectivity index (χ2n) is 4.27. The van der Waals surface area contributed by atoms with Crippen LogP contribution < -0.4 is 5.73 Å². The van der Waals surface area contributed by atoms with Crippen molar-refractivity contribution in [3.63, 3.8) is 0 Å². The van der Waals surface area contributed by atoms with Gasteiger partial charge in [0.2, 0.25) is 0 Å². The van der Waals surface area contributed by atoms with Crippen molar-refractivity contribution < 1.29 is 8.81 Å². The molecule has 0 fully saturated rings. The van der Waals surface area contributed by atoms with Gasteiger partial charge in [0.05, 0.1) is 0 Å². The van der Waals surface area contributed by atoms with Gasteiger partial charge in [-0.2, -0.15) is 0 Å². The molecule has 0 saturated heterocycles. The van der Waals surface area contributed by atoms with Gasteiger partial charge in [-0.05, 0) is 42.0 Å². The number of nitrogens with zero attached hydrogens (tertiary/aromatic N) is 1. The van der Waals surface area contributed by atoms with Crippen molar-refractivity contribution in [2.75, 3.05) is 5.73 Å². The van der Waals surface area contributed by atoms with Crippen LogP contribution in [0.1, 0.15) is 5.56 Å². The van der Waals surface area contributed by atoms with Crippen molar-refractivity contribution >= 4 is 44.5 Å². The number of thioether (sulfide) groups is 1. The predicted octanol–water partition coefficient (Wildman–Crippen LogP) is 4.60. The Balaban J connectivity index is 1.79. The Morgan fingerprint density at radius 2 is 2.10 bits per heavy atom. The first-order chi connectivity index (χ1) is 9.60. The Kier molecular flexibility index (Phi) is 3.67. The SMILES string of the molecule is Nc1ccc2oc(SCc3cc(F)cc(Br)c3)nc2c1. The summed E-state index contributed by atoms with van der Waals surface area (Å²) >= 11 is 4.69. The van der Waals surface area contributed by atoms with Crippen LogP contribution >= 0.6 is 27.7 Å². The number of benzene rings is 2. The van der Waals surface area contributed by atoms with E-state index in [1.807, 2.05) is 6.07 Å². The van der Waals surface area contributed by atoms with E-state index in [0.717, 1.165) is 15.6 Å². The maximum absolute atomic E-state index is 13.3. The topological polar surface area (TPSA) is 52.0 Å². The van der Waals surface area contributed by atoms with E-state index in [2.05, 4.69) is 20.9 Å². The molecule has 0 atom stereocenters. The number of hydrogen-bond acceptors (Lipinski definition) is 4. The van der Waals surface area contributed by atoms with Gasteiger partial charge in [0, 0.05) is 15.9 Å². The molecule has 0 aliphatic carbocycles. The molecule has 0 radical (unpaired) electrons. The highest BCUT2D eigenvalue weighted by atomic mass is 79.9. The Morgan fingerprint density at radius 3 is 2.90 bits per heavy atom. The quantitative estimate of drug-likeness (QED) is 0.552. The van der Waals surface area contributed by atoms with E-state index < -0.39 is 0 Å². The third kappa shape index (κ3) is 2.96. The van der Waals surface area contributed by atoms with Crippen LogP contribution in [0.4, 0.5) is 10.1 Å². The molecule has 1 heterocycles. The van der Waals surface area contributed by atoms with E-state index in [0.29, 0.717) is 22.2 Å². The molecule has 2 aromatic carbocycles. The number of nitrogens with two attached hydrogens (primary N) is 1. The maximum atomic E-state index is 13.3. The largest absolute Gasteiger partial charge is 0.431 e.